The maximum Gasteiger partial charge on any atom is 0.221 e. The number of carbonyl (C=O) groups excluding carboxylic acids is 1. The number of aromatic nitrogens is 4. The molecule has 0 fully saturated rings. The zero-order valence-electron chi connectivity index (χ0n) is 13.0. The number of carbonyl (C=O) groups is 1. The first-order chi connectivity index (χ1) is 10.3. The Labute approximate surface area is 134 Å². The van der Waals surface area contributed by atoms with Gasteiger partial charge in [-0.05, 0) is 44.2 Å². The van der Waals surface area contributed by atoms with Crippen molar-refractivity contribution in [1.82, 2.24) is 20.2 Å². The minimum absolute atomic E-state index is 0.172. The first-order valence-corrected chi connectivity index (χ1v) is 7.24. The lowest BCUT2D eigenvalue weighted by Crippen LogP contribution is -2.24. The zero-order chi connectivity index (χ0) is 16.3. The van der Waals surface area contributed by atoms with Crippen LogP contribution >= 0.6 is 11.6 Å². The van der Waals surface area contributed by atoms with Crippen LogP contribution in [0.1, 0.15) is 33.5 Å². The standard InChI is InChI=1S/C14H19ClN6O/c1-9(22)17-12-7-10(5-6-11(12)15)16-8-13-18-20-21(19-13)14(2,3)4/h5-7,16H,8H2,1-4H3,(H,17,22). The maximum absolute atomic E-state index is 11.1. The van der Waals surface area contributed by atoms with Crippen molar-refractivity contribution in [1.29, 1.82) is 0 Å². The molecule has 1 aromatic carbocycles. The van der Waals surface area contributed by atoms with Crippen molar-refractivity contribution in [3.8, 4) is 0 Å². The van der Waals surface area contributed by atoms with Crippen LogP contribution in [-0.2, 0) is 16.9 Å². The summed E-state index contributed by atoms with van der Waals surface area (Å²) in [6, 6.07) is 5.30. The number of benzene rings is 1. The molecule has 0 radical (unpaired) electrons. The molecule has 0 unspecified atom stereocenters. The molecule has 1 aromatic heterocycles. The highest BCUT2D eigenvalue weighted by Gasteiger charge is 2.16. The molecule has 2 aromatic rings. The van der Waals surface area contributed by atoms with Gasteiger partial charge in [-0.1, -0.05) is 11.6 Å². The van der Waals surface area contributed by atoms with Gasteiger partial charge in [-0.15, -0.1) is 10.2 Å². The van der Waals surface area contributed by atoms with E-state index < -0.39 is 0 Å². The van der Waals surface area contributed by atoms with Crippen LogP contribution in [-0.4, -0.2) is 26.1 Å². The lowest BCUT2D eigenvalue weighted by Gasteiger charge is -2.15. The van der Waals surface area contributed by atoms with Crippen molar-refractivity contribution in [2.24, 2.45) is 0 Å². The molecule has 118 valence electrons. The van der Waals surface area contributed by atoms with Crippen molar-refractivity contribution in [2.45, 2.75) is 39.8 Å². The fraction of sp³-hybridized carbons (Fsp3) is 0.429. The van der Waals surface area contributed by atoms with E-state index in [0.717, 1.165) is 5.69 Å². The van der Waals surface area contributed by atoms with E-state index in [-0.39, 0.29) is 11.4 Å². The SMILES string of the molecule is CC(=O)Nc1cc(NCc2nnn(C(C)(C)C)n2)ccc1Cl. The number of anilines is 2. The molecule has 0 bridgehead atoms. The molecule has 2 N–H and O–H groups in total. The molecule has 0 aliphatic rings. The molecular formula is C14H19ClN6O. The topological polar surface area (TPSA) is 84.7 Å². The second-order valence-corrected chi connectivity index (χ2v) is 6.30. The van der Waals surface area contributed by atoms with Crippen molar-refractivity contribution < 1.29 is 4.79 Å². The predicted octanol–water partition coefficient (Wildman–Crippen LogP) is 2.65. The van der Waals surface area contributed by atoms with Crippen molar-refractivity contribution in [3.05, 3.63) is 29.0 Å². The Morgan fingerprint density at radius 1 is 1.36 bits per heavy atom. The maximum atomic E-state index is 11.1. The van der Waals surface area contributed by atoms with Crippen molar-refractivity contribution in [2.75, 3.05) is 10.6 Å². The quantitative estimate of drug-likeness (QED) is 0.904. The van der Waals surface area contributed by atoms with Gasteiger partial charge in [0.15, 0.2) is 5.82 Å². The average molecular weight is 323 g/mol. The van der Waals surface area contributed by atoms with E-state index in [4.69, 9.17) is 11.6 Å². The summed E-state index contributed by atoms with van der Waals surface area (Å²) in [5, 5.41) is 18.7. The van der Waals surface area contributed by atoms with Crippen LogP contribution in [0.4, 0.5) is 11.4 Å². The predicted molar refractivity (Wildman–Crippen MR) is 85.9 cm³/mol. The summed E-state index contributed by atoms with van der Waals surface area (Å²) < 4.78 is 0. The molecule has 0 spiro atoms. The number of hydrogen-bond donors (Lipinski definition) is 2. The van der Waals surface area contributed by atoms with E-state index in [2.05, 4.69) is 26.0 Å². The molecule has 8 heteroatoms. The van der Waals surface area contributed by atoms with Crippen LogP contribution in [0.5, 0.6) is 0 Å². The van der Waals surface area contributed by atoms with Gasteiger partial charge >= 0.3 is 0 Å². The number of rotatable bonds is 4. The lowest BCUT2D eigenvalue weighted by atomic mass is 10.1. The fourth-order valence-electron chi connectivity index (χ4n) is 1.70. The van der Waals surface area contributed by atoms with Crippen LogP contribution in [0.15, 0.2) is 18.2 Å². The summed E-state index contributed by atoms with van der Waals surface area (Å²) in [4.78, 5) is 12.7. The smallest absolute Gasteiger partial charge is 0.221 e. The Balaban J connectivity index is 2.05. The monoisotopic (exact) mass is 322 g/mol. The first kappa shape index (κ1) is 16.2. The van der Waals surface area contributed by atoms with E-state index in [1.165, 1.54) is 6.92 Å². The highest BCUT2D eigenvalue weighted by molar-refractivity contribution is 6.33. The molecule has 0 atom stereocenters. The van der Waals surface area contributed by atoms with E-state index >= 15 is 0 Å². The Hall–Kier alpha value is -2.15. The van der Waals surface area contributed by atoms with E-state index in [1.807, 2.05) is 26.8 Å². The summed E-state index contributed by atoms with van der Waals surface area (Å²) >= 11 is 6.03. The number of amides is 1. The third-order valence-corrected chi connectivity index (χ3v) is 3.11. The number of nitrogens with one attached hydrogen (secondary N) is 2. The van der Waals surface area contributed by atoms with Crippen molar-refractivity contribution in [3.63, 3.8) is 0 Å². The number of hydrogen-bond acceptors (Lipinski definition) is 5. The van der Waals surface area contributed by atoms with Gasteiger partial charge in [-0.25, -0.2) is 0 Å². The zero-order valence-corrected chi connectivity index (χ0v) is 13.8. The van der Waals surface area contributed by atoms with Gasteiger partial charge in [0.25, 0.3) is 0 Å². The van der Waals surface area contributed by atoms with E-state index in [1.54, 1.807) is 16.9 Å². The molecule has 0 aliphatic heterocycles. The number of nitrogens with zero attached hydrogens (tertiary/aromatic N) is 4. The van der Waals surface area contributed by atoms with Crippen LogP contribution in [0, 0.1) is 0 Å². The Morgan fingerprint density at radius 2 is 2.09 bits per heavy atom. The summed E-state index contributed by atoms with van der Waals surface area (Å²) in [5.41, 5.74) is 1.16. The summed E-state index contributed by atoms with van der Waals surface area (Å²) in [6.45, 7) is 7.88. The molecule has 1 amide bonds. The highest BCUT2D eigenvalue weighted by Crippen LogP contribution is 2.25. The summed E-state index contributed by atoms with van der Waals surface area (Å²) in [7, 11) is 0. The minimum atomic E-state index is -0.204. The van der Waals surface area contributed by atoms with Gasteiger partial charge in [-0.3, -0.25) is 4.79 Å². The van der Waals surface area contributed by atoms with Crippen LogP contribution in [0.3, 0.4) is 0 Å². The largest absolute Gasteiger partial charge is 0.378 e. The third kappa shape index (κ3) is 4.17. The minimum Gasteiger partial charge on any atom is -0.378 e. The van der Waals surface area contributed by atoms with Gasteiger partial charge in [0.1, 0.15) is 0 Å². The molecule has 2 rings (SSSR count). The molecule has 0 saturated carbocycles. The van der Waals surface area contributed by atoms with Crippen LogP contribution in [0.25, 0.3) is 0 Å². The fourth-order valence-corrected chi connectivity index (χ4v) is 1.86. The van der Waals surface area contributed by atoms with Gasteiger partial charge < -0.3 is 10.6 Å². The second kappa shape index (κ2) is 6.31. The van der Waals surface area contributed by atoms with Crippen LogP contribution < -0.4 is 10.6 Å². The van der Waals surface area contributed by atoms with Gasteiger partial charge in [0, 0.05) is 12.6 Å². The number of halogens is 1. The van der Waals surface area contributed by atoms with Crippen LogP contribution in [0.2, 0.25) is 5.02 Å². The Morgan fingerprint density at radius 3 is 2.68 bits per heavy atom. The van der Waals surface area contributed by atoms with Gasteiger partial charge in [-0.2, -0.15) is 4.80 Å². The molecule has 0 saturated heterocycles. The Bertz CT molecular complexity index is 676. The first-order valence-electron chi connectivity index (χ1n) is 6.86. The van der Waals surface area contributed by atoms with Gasteiger partial charge in [0.2, 0.25) is 5.91 Å². The Kier molecular flexibility index (Phi) is 4.65. The van der Waals surface area contributed by atoms with E-state index in [9.17, 15) is 4.79 Å². The third-order valence-electron chi connectivity index (χ3n) is 2.78. The molecular weight excluding hydrogens is 304 g/mol. The summed E-state index contributed by atoms with van der Waals surface area (Å²) in [6.07, 6.45) is 0. The van der Waals surface area contributed by atoms with E-state index in [0.29, 0.717) is 23.1 Å². The lowest BCUT2D eigenvalue weighted by molar-refractivity contribution is -0.114. The number of tetrazole rings is 1. The summed E-state index contributed by atoms with van der Waals surface area (Å²) in [5.74, 6) is 0.416. The molecule has 0 aliphatic carbocycles. The normalized spacial score (nSPS) is 11.3. The van der Waals surface area contributed by atoms with Crippen molar-refractivity contribution >= 4 is 28.9 Å². The highest BCUT2D eigenvalue weighted by atomic mass is 35.5. The molecule has 7 nitrogen and oxygen atoms in total. The molecule has 22 heavy (non-hydrogen) atoms. The molecule has 1 heterocycles. The van der Waals surface area contributed by atoms with Gasteiger partial charge in [0.05, 0.1) is 22.8 Å². The average Bonchev–Trinajstić information content (AvgIpc) is 2.88. The second-order valence-electron chi connectivity index (χ2n) is 5.90.